The molecule has 1 amide bonds. The molecule has 0 aliphatic rings. The van der Waals surface area contributed by atoms with Crippen LogP contribution in [0.4, 0.5) is 5.69 Å². The van der Waals surface area contributed by atoms with E-state index in [1.54, 1.807) is 42.5 Å². The number of carbonyl (C=O) groups is 2. The molecule has 2 N–H and O–H groups in total. The first-order chi connectivity index (χ1) is 13.5. The standard InChI is InChI=1S/C22H16N2O4/c1-14-6-2-5-9-19(14)24-21(25)15(13-23)12-16-10-11-20(28-16)17-7-3-4-8-18(17)22(26)27/h2-12H,1H3,(H,24,25)(H,26,27)/b15-12-. The van der Waals surface area contributed by atoms with Crippen molar-refractivity contribution < 1.29 is 19.1 Å². The Morgan fingerprint density at radius 3 is 2.50 bits per heavy atom. The molecular formula is C22H16N2O4. The van der Waals surface area contributed by atoms with Gasteiger partial charge in [-0.3, -0.25) is 4.79 Å². The molecule has 0 fully saturated rings. The number of benzene rings is 2. The fraction of sp³-hybridized carbons (Fsp3) is 0.0455. The van der Waals surface area contributed by atoms with Crippen LogP contribution >= 0.6 is 0 Å². The molecule has 6 nitrogen and oxygen atoms in total. The number of carboxylic acid groups (broad SMARTS) is 1. The van der Waals surface area contributed by atoms with Crippen molar-refractivity contribution in [2.45, 2.75) is 6.92 Å². The molecule has 1 aromatic heterocycles. The minimum Gasteiger partial charge on any atom is -0.478 e. The van der Waals surface area contributed by atoms with Crippen molar-refractivity contribution in [3.05, 3.63) is 83.1 Å². The second kappa shape index (κ2) is 8.06. The van der Waals surface area contributed by atoms with Gasteiger partial charge < -0.3 is 14.8 Å². The van der Waals surface area contributed by atoms with Crippen molar-refractivity contribution in [3.8, 4) is 17.4 Å². The van der Waals surface area contributed by atoms with Crippen LogP contribution in [0.3, 0.4) is 0 Å². The number of nitriles is 1. The molecular weight excluding hydrogens is 356 g/mol. The van der Waals surface area contributed by atoms with E-state index in [1.807, 2.05) is 25.1 Å². The number of para-hydroxylation sites is 1. The van der Waals surface area contributed by atoms with E-state index in [0.717, 1.165) is 5.56 Å². The number of nitrogens with one attached hydrogen (secondary N) is 1. The highest BCUT2D eigenvalue weighted by Gasteiger charge is 2.15. The van der Waals surface area contributed by atoms with Crippen LogP contribution in [0.5, 0.6) is 0 Å². The number of hydrogen-bond acceptors (Lipinski definition) is 4. The lowest BCUT2D eigenvalue weighted by Crippen LogP contribution is -2.14. The lowest BCUT2D eigenvalue weighted by Gasteiger charge is -2.06. The number of furan rings is 1. The van der Waals surface area contributed by atoms with Gasteiger partial charge in [-0.25, -0.2) is 4.79 Å². The predicted octanol–water partition coefficient (Wildman–Crippen LogP) is 4.50. The Balaban J connectivity index is 1.87. The summed E-state index contributed by atoms with van der Waals surface area (Å²) in [7, 11) is 0. The number of aromatic carboxylic acids is 1. The van der Waals surface area contributed by atoms with E-state index in [-0.39, 0.29) is 16.9 Å². The maximum atomic E-state index is 12.4. The van der Waals surface area contributed by atoms with E-state index in [2.05, 4.69) is 5.32 Å². The van der Waals surface area contributed by atoms with E-state index in [0.29, 0.717) is 17.0 Å². The summed E-state index contributed by atoms with van der Waals surface area (Å²) in [5.74, 6) is -1.02. The predicted molar refractivity (Wildman–Crippen MR) is 105 cm³/mol. The van der Waals surface area contributed by atoms with Crippen LogP contribution in [-0.4, -0.2) is 17.0 Å². The first-order valence-corrected chi connectivity index (χ1v) is 8.41. The van der Waals surface area contributed by atoms with Gasteiger partial charge in [0.1, 0.15) is 23.2 Å². The number of carboxylic acids is 1. The van der Waals surface area contributed by atoms with Crippen molar-refractivity contribution in [1.29, 1.82) is 5.26 Å². The van der Waals surface area contributed by atoms with Crippen molar-refractivity contribution >= 4 is 23.6 Å². The number of hydrogen-bond donors (Lipinski definition) is 2. The molecule has 3 rings (SSSR count). The van der Waals surface area contributed by atoms with Crippen LogP contribution in [0.2, 0.25) is 0 Å². The van der Waals surface area contributed by atoms with E-state index >= 15 is 0 Å². The Labute approximate surface area is 161 Å². The molecule has 2 aromatic carbocycles. The second-order valence-corrected chi connectivity index (χ2v) is 5.99. The molecule has 138 valence electrons. The van der Waals surface area contributed by atoms with E-state index in [1.165, 1.54) is 12.1 Å². The molecule has 0 spiro atoms. The molecule has 0 unspecified atom stereocenters. The fourth-order valence-corrected chi connectivity index (χ4v) is 2.65. The SMILES string of the molecule is Cc1ccccc1NC(=O)/C(C#N)=C\c1ccc(-c2ccccc2C(=O)O)o1. The highest BCUT2D eigenvalue weighted by atomic mass is 16.4. The Morgan fingerprint density at radius 1 is 1.07 bits per heavy atom. The van der Waals surface area contributed by atoms with Crippen LogP contribution in [0.1, 0.15) is 21.7 Å². The smallest absolute Gasteiger partial charge is 0.336 e. The third kappa shape index (κ3) is 4.00. The summed E-state index contributed by atoms with van der Waals surface area (Å²) in [5.41, 5.74) is 1.88. The summed E-state index contributed by atoms with van der Waals surface area (Å²) in [4.78, 5) is 23.8. The topological polar surface area (TPSA) is 103 Å². The van der Waals surface area contributed by atoms with E-state index in [4.69, 9.17) is 4.42 Å². The van der Waals surface area contributed by atoms with Gasteiger partial charge in [-0.05, 0) is 36.8 Å². The van der Waals surface area contributed by atoms with Gasteiger partial charge in [0.15, 0.2) is 0 Å². The molecule has 0 bridgehead atoms. The van der Waals surface area contributed by atoms with Crippen LogP contribution in [-0.2, 0) is 4.79 Å². The minimum atomic E-state index is -1.07. The van der Waals surface area contributed by atoms with Gasteiger partial charge in [-0.1, -0.05) is 36.4 Å². The zero-order chi connectivity index (χ0) is 20.1. The van der Waals surface area contributed by atoms with Gasteiger partial charge in [-0.15, -0.1) is 0 Å². The molecule has 28 heavy (non-hydrogen) atoms. The van der Waals surface area contributed by atoms with Crippen molar-refractivity contribution in [3.63, 3.8) is 0 Å². The van der Waals surface area contributed by atoms with Crippen molar-refractivity contribution in [1.82, 2.24) is 0 Å². The van der Waals surface area contributed by atoms with E-state index < -0.39 is 11.9 Å². The minimum absolute atomic E-state index is 0.102. The molecule has 0 aliphatic carbocycles. The summed E-state index contributed by atoms with van der Waals surface area (Å²) in [6.07, 6.45) is 1.32. The number of rotatable bonds is 5. The Bertz CT molecular complexity index is 1120. The monoisotopic (exact) mass is 372 g/mol. The van der Waals surface area contributed by atoms with Crippen molar-refractivity contribution in [2.24, 2.45) is 0 Å². The lowest BCUT2D eigenvalue weighted by atomic mass is 10.1. The van der Waals surface area contributed by atoms with Gasteiger partial charge >= 0.3 is 5.97 Å². The molecule has 0 aliphatic heterocycles. The number of carbonyl (C=O) groups excluding carboxylic acids is 1. The molecule has 3 aromatic rings. The average Bonchev–Trinajstić information content (AvgIpc) is 3.16. The normalized spacial score (nSPS) is 10.9. The number of nitrogens with zero attached hydrogens (tertiary/aromatic N) is 1. The summed E-state index contributed by atoms with van der Waals surface area (Å²) in [6.45, 7) is 1.85. The second-order valence-electron chi connectivity index (χ2n) is 5.99. The number of aryl methyl sites for hydroxylation is 1. The summed E-state index contributed by atoms with van der Waals surface area (Å²) in [6, 6.07) is 18.7. The summed E-state index contributed by atoms with van der Waals surface area (Å²) < 4.78 is 5.65. The average molecular weight is 372 g/mol. The fourth-order valence-electron chi connectivity index (χ4n) is 2.65. The van der Waals surface area contributed by atoms with Crippen LogP contribution < -0.4 is 5.32 Å². The number of amides is 1. The molecule has 0 saturated heterocycles. The zero-order valence-corrected chi connectivity index (χ0v) is 15.0. The first-order valence-electron chi connectivity index (χ1n) is 8.41. The lowest BCUT2D eigenvalue weighted by molar-refractivity contribution is -0.112. The van der Waals surface area contributed by atoms with Crippen LogP contribution in [0.15, 0.2) is 70.7 Å². The third-order valence-electron chi connectivity index (χ3n) is 4.09. The highest BCUT2D eigenvalue weighted by Crippen LogP contribution is 2.27. The van der Waals surface area contributed by atoms with Crippen LogP contribution in [0.25, 0.3) is 17.4 Å². The van der Waals surface area contributed by atoms with Gasteiger partial charge in [0.25, 0.3) is 5.91 Å². The first kappa shape index (κ1) is 18.7. The maximum Gasteiger partial charge on any atom is 0.336 e. The molecule has 0 radical (unpaired) electrons. The van der Waals surface area contributed by atoms with Gasteiger partial charge in [-0.2, -0.15) is 5.26 Å². The van der Waals surface area contributed by atoms with Gasteiger partial charge in [0.05, 0.1) is 5.56 Å². The largest absolute Gasteiger partial charge is 0.478 e. The Hall–Kier alpha value is -4.11. The molecule has 1 heterocycles. The quantitative estimate of drug-likeness (QED) is 0.507. The Morgan fingerprint density at radius 2 is 1.79 bits per heavy atom. The Kier molecular flexibility index (Phi) is 5.38. The molecule has 0 atom stereocenters. The van der Waals surface area contributed by atoms with Crippen molar-refractivity contribution in [2.75, 3.05) is 5.32 Å². The molecule has 0 saturated carbocycles. The highest BCUT2D eigenvalue weighted by molar-refractivity contribution is 6.09. The van der Waals surface area contributed by atoms with E-state index in [9.17, 15) is 20.0 Å². The maximum absolute atomic E-state index is 12.4. The summed E-state index contributed by atoms with van der Waals surface area (Å²) in [5, 5.41) is 21.3. The van der Waals surface area contributed by atoms with Gasteiger partial charge in [0.2, 0.25) is 0 Å². The third-order valence-corrected chi connectivity index (χ3v) is 4.09. The molecule has 6 heteroatoms. The van der Waals surface area contributed by atoms with Gasteiger partial charge in [0, 0.05) is 17.3 Å². The zero-order valence-electron chi connectivity index (χ0n) is 15.0. The van der Waals surface area contributed by atoms with Crippen LogP contribution in [0, 0.1) is 18.3 Å². The number of anilines is 1. The summed E-state index contributed by atoms with van der Waals surface area (Å²) >= 11 is 0.